The lowest BCUT2D eigenvalue weighted by atomic mass is 10.0. The van der Waals surface area contributed by atoms with Gasteiger partial charge in [-0.25, -0.2) is 4.98 Å². The molecule has 0 spiro atoms. The van der Waals surface area contributed by atoms with Gasteiger partial charge in [-0.2, -0.15) is 10.5 Å². The number of carbonyl (C=O) groups excluding carboxylic acids is 1. The van der Waals surface area contributed by atoms with Crippen LogP contribution >= 0.6 is 11.8 Å². The molecule has 0 saturated carbocycles. The minimum atomic E-state index is -0.727. The summed E-state index contributed by atoms with van der Waals surface area (Å²) in [5, 5.41) is 28.2. The average Bonchev–Trinajstić information content (AvgIpc) is 2.71. The number of rotatable bonds is 8. The summed E-state index contributed by atoms with van der Waals surface area (Å²) >= 11 is 1.09. The van der Waals surface area contributed by atoms with Crippen LogP contribution in [0.2, 0.25) is 0 Å². The van der Waals surface area contributed by atoms with E-state index in [0.29, 0.717) is 34.0 Å². The molecule has 1 amide bonds. The van der Waals surface area contributed by atoms with E-state index >= 15 is 0 Å². The van der Waals surface area contributed by atoms with Crippen LogP contribution in [0.25, 0.3) is 0 Å². The van der Waals surface area contributed by atoms with Crippen molar-refractivity contribution < 1.29 is 9.90 Å². The number of likely N-dealkylation sites (N-methyl/N-ethyl adjacent to an activating group) is 1. The van der Waals surface area contributed by atoms with E-state index in [-0.39, 0.29) is 18.7 Å². The molecule has 1 aromatic carbocycles. The van der Waals surface area contributed by atoms with Crippen LogP contribution in [0.3, 0.4) is 0 Å². The first-order valence-electron chi connectivity index (χ1n) is 8.68. The fourth-order valence-electron chi connectivity index (χ4n) is 2.83. The van der Waals surface area contributed by atoms with Crippen LogP contribution in [0.1, 0.15) is 34.4 Å². The first-order valence-corrected chi connectivity index (χ1v) is 9.56. The van der Waals surface area contributed by atoms with Gasteiger partial charge < -0.3 is 15.7 Å². The third-order valence-electron chi connectivity index (χ3n) is 4.21. The number of nitrogens with two attached hydrogens (primary N) is 1. The number of thioether (sulfide) groups is 1. The van der Waals surface area contributed by atoms with Crippen LogP contribution in [-0.4, -0.2) is 36.2 Å². The predicted octanol–water partition coefficient (Wildman–Crippen LogP) is 2.13. The highest BCUT2D eigenvalue weighted by Crippen LogP contribution is 2.39. The Labute approximate surface area is 168 Å². The Hall–Kier alpha value is -3.07. The van der Waals surface area contributed by atoms with Gasteiger partial charge in [-0.05, 0) is 17.5 Å². The second-order valence-corrected chi connectivity index (χ2v) is 7.10. The van der Waals surface area contributed by atoms with Gasteiger partial charge in [-0.1, -0.05) is 49.0 Å². The van der Waals surface area contributed by atoms with Crippen molar-refractivity contribution >= 4 is 23.5 Å². The van der Waals surface area contributed by atoms with Gasteiger partial charge in [-0.15, -0.1) is 0 Å². The summed E-state index contributed by atoms with van der Waals surface area (Å²) in [4.78, 5) is 18.3. The third-order valence-corrected chi connectivity index (χ3v) is 5.47. The molecule has 8 heteroatoms. The number of primary amides is 1. The van der Waals surface area contributed by atoms with E-state index < -0.39 is 11.2 Å². The summed E-state index contributed by atoms with van der Waals surface area (Å²) in [6, 6.07) is 13.3. The molecule has 144 valence electrons. The number of aliphatic hydroxyl groups is 1. The van der Waals surface area contributed by atoms with Crippen LogP contribution in [0.5, 0.6) is 0 Å². The minimum Gasteiger partial charge on any atom is -0.395 e. The van der Waals surface area contributed by atoms with E-state index in [1.807, 2.05) is 13.0 Å². The number of nitriles is 2. The standard InChI is InChI=1S/C20H21N5O2S/c1-3-14-15(11-21)19(25(2)9-10-26)24-20(16(14)12-22)28-17(18(23)27)13-7-5-4-6-8-13/h4-8,17,26H,3,9-10H2,1-2H3,(H2,23,27). The maximum absolute atomic E-state index is 12.1. The van der Waals surface area contributed by atoms with E-state index in [1.54, 1.807) is 36.2 Å². The molecule has 1 unspecified atom stereocenters. The van der Waals surface area contributed by atoms with E-state index in [2.05, 4.69) is 17.1 Å². The molecular formula is C20H21N5O2S. The van der Waals surface area contributed by atoms with Gasteiger partial charge in [0.25, 0.3) is 0 Å². The van der Waals surface area contributed by atoms with Gasteiger partial charge in [0, 0.05) is 13.6 Å². The molecule has 2 rings (SSSR count). The molecule has 2 aromatic rings. The maximum atomic E-state index is 12.1. The first kappa shape index (κ1) is 21.2. The molecule has 0 radical (unpaired) electrons. The summed E-state index contributed by atoms with van der Waals surface area (Å²) in [5.74, 6) is -0.180. The lowest BCUT2D eigenvalue weighted by Crippen LogP contribution is -2.25. The second-order valence-electron chi connectivity index (χ2n) is 6.00. The number of benzene rings is 1. The lowest BCUT2D eigenvalue weighted by Gasteiger charge is -2.22. The Morgan fingerprint density at radius 2 is 1.93 bits per heavy atom. The molecule has 0 bridgehead atoms. The van der Waals surface area contributed by atoms with Crippen LogP contribution in [0.4, 0.5) is 5.82 Å². The Morgan fingerprint density at radius 3 is 2.43 bits per heavy atom. The van der Waals surface area contributed by atoms with Gasteiger partial charge in [0.15, 0.2) is 0 Å². The molecule has 28 heavy (non-hydrogen) atoms. The quantitative estimate of drug-likeness (QED) is 0.655. The lowest BCUT2D eigenvalue weighted by molar-refractivity contribution is -0.117. The van der Waals surface area contributed by atoms with Gasteiger partial charge in [0.2, 0.25) is 5.91 Å². The largest absolute Gasteiger partial charge is 0.395 e. The topological polar surface area (TPSA) is 127 Å². The Morgan fingerprint density at radius 1 is 1.29 bits per heavy atom. The fourth-order valence-corrected chi connectivity index (χ4v) is 3.89. The fraction of sp³-hybridized carbons (Fsp3) is 0.300. The second kappa shape index (κ2) is 9.75. The molecule has 0 aliphatic carbocycles. The van der Waals surface area contributed by atoms with Crippen molar-refractivity contribution in [3.63, 3.8) is 0 Å². The molecular weight excluding hydrogens is 374 g/mol. The number of aliphatic hydroxyl groups excluding tert-OH is 1. The number of aromatic nitrogens is 1. The number of carbonyl (C=O) groups is 1. The normalized spacial score (nSPS) is 11.3. The smallest absolute Gasteiger partial charge is 0.235 e. The van der Waals surface area contributed by atoms with Crippen molar-refractivity contribution in [2.45, 2.75) is 23.6 Å². The highest BCUT2D eigenvalue weighted by Gasteiger charge is 2.26. The highest BCUT2D eigenvalue weighted by atomic mass is 32.2. The van der Waals surface area contributed by atoms with Crippen LogP contribution in [0, 0.1) is 22.7 Å². The summed E-state index contributed by atoms with van der Waals surface area (Å²) < 4.78 is 0. The molecule has 0 saturated heterocycles. The number of nitrogens with zero attached hydrogens (tertiary/aromatic N) is 4. The summed E-state index contributed by atoms with van der Waals surface area (Å²) in [5.41, 5.74) is 7.46. The third kappa shape index (κ3) is 4.42. The minimum absolute atomic E-state index is 0.110. The first-order chi connectivity index (χ1) is 13.5. The van der Waals surface area contributed by atoms with E-state index in [9.17, 15) is 20.4 Å². The molecule has 1 aromatic heterocycles. The molecule has 0 aliphatic rings. The van der Waals surface area contributed by atoms with Crippen molar-refractivity contribution in [1.29, 1.82) is 10.5 Å². The number of anilines is 1. The van der Waals surface area contributed by atoms with Gasteiger partial charge in [-0.3, -0.25) is 4.79 Å². The zero-order valence-electron chi connectivity index (χ0n) is 15.7. The maximum Gasteiger partial charge on any atom is 0.235 e. The van der Waals surface area contributed by atoms with E-state index in [4.69, 9.17) is 5.73 Å². The van der Waals surface area contributed by atoms with E-state index in [1.165, 1.54) is 0 Å². The van der Waals surface area contributed by atoms with E-state index in [0.717, 1.165) is 11.8 Å². The number of pyridine rings is 1. The van der Waals surface area contributed by atoms with Crippen molar-refractivity contribution in [3.05, 3.63) is 52.6 Å². The molecule has 0 fully saturated rings. The summed E-state index contributed by atoms with van der Waals surface area (Å²) in [6.07, 6.45) is 0.453. The van der Waals surface area contributed by atoms with Gasteiger partial charge in [0.05, 0.1) is 17.7 Å². The van der Waals surface area contributed by atoms with Crippen molar-refractivity contribution in [1.82, 2.24) is 4.98 Å². The Bertz CT molecular complexity index is 934. The van der Waals surface area contributed by atoms with Gasteiger partial charge >= 0.3 is 0 Å². The monoisotopic (exact) mass is 395 g/mol. The van der Waals surface area contributed by atoms with Crippen LogP contribution in [0.15, 0.2) is 35.4 Å². The molecule has 1 heterocycles. The summed E-state index contributed by atoms with van der Waals surface area (Å²) in [6.45, 7) is 2.02. The zero-order chi connectivity index (χ0) is 20.7. The van der Waals surface area contributed by atoms with Crippen molar-refractivity contribution in [3.8, 4) is 12.1 Å². The number of amides is 1. The van der Waals surface area contributed by atoms with Gasteiger partial charge in [0.1, 0.15) is 28.2 Å². The summed E-state index contributed by atoms with van der Waals surface area (Å²) in [7, 11) is 1.71. The van der Waals surface area contributed by atoms with Crippen LogP contribution in [-0.2, 0) is 11.2 Å². The van der Waals surface area contributed by atoms with Crippen molar-refractivity contribution in [2.75, 3.05) is 25.1 Å². The van der Waals surface area contributed by atoms with Crippen LogP contribution < -0.4 is 10.6 Å². The molecule has 7 nitrogen and oxygen atoms in total. The highest BCUT2D eigenvalue weighted by molar-refractivity contribution is 8.00. The zero-order valence-corrected chi connectivity index (χ0v) is 16.5. The van der Waals surface area contributed by atoms with Crippen molar-refractivity contribution in [2.24, 2.45) is 5.73 Å². The number of hydrogen-bond donors (Lipinski definition) is 2. The number of hydrogen-bond acceptors (Lipinski definition) is 7. The Kier molecular flexibility index (Phi) is 7.39. The molecule has 0 aliphatic heterocycles. The Balaban J connectivity index is 2.65. The SMILES string of the molecule is CCc1c(C#N)c(SC(C(N)=O)c2ccccc2)nc(N(C)CCO)c1C#N. The molecule has 3 N–H and O–H groups in total. The average molecular weight is 395 g/mol. The molecule has 1 atom stereocenters. The predicted molar refractivity (Wildman–Crippen MR) is 108 cm³/mol.